The van der Waals surface area contributed by atoms with E-state index >= 15 is 0 Å². The van der Waals surface area contributed by atoms with Gasteiger partial charge in [0, 0.05) is 23.4 Å². The standard InChI is InChI=1S/C13H28N2S/c1-4-13(5-2,16-3)10-15-12-8-6-11(14)7-9-12/h11-12,15H,4-10,14H2,1-3H3. The zero-order valence-corrected chi connectivity index (χ0v) is 11.9. The summed E-state index contributed by atoms with van der Waals surface area (Å²) in [6.07, 6.45) is 9.67. The Hall–Kier alpha value is 0.270. The van der Waals surface area contributed by atoms with Gasteiger partial charge in [-0.15, -0.1) is 0 Å². The molecule has 0 aromatic heterocycles. The third kappa shape index (κ3) is 3.94. The van der Waals surface area contributed by atoms with Crippen LogP contribution < -0.4 is 11.1 Å². The summed E-state index contributed by atoms with van der Waals surface area (Å²) in [5.41, 5.74) is 5.93. The lowest BCUT2D eigenvalue weighted by molar-refractivity contribution is 0.328. The minimum atomic E-state index is 0.444. The van der Waals surface area contributed by atoms with Crippen LogP contribution >= 0.6 is 11.8 Å². The summed E-state index contributed by atoms with van der Waals surface area (Å²) in [4.78, 5) is 0. The van der Waals surface area contributed by atoms with E-state index in [9.17, 15) is 0 Å². The monoisotopic (exact) mass is 244 g/mol. The van der Waals surface area contributed by atoms with Gasteiger partial charge in [0.1, 0.15) is 0 Å². The molecule has 0 spiro atoms. The molecule has 0 atom stereocenters. The van der Waals surface area contributed by atoms with Crippen LogP contribution in [-0.2, 0) is 0 Å². The summed E-state index contributed by atoms with van der Waals surface area (Å²) in [5.74, 6) is 0. The van der Waals surface area contributed by atoms with Gasteiger partial charge in [-0.2, -0.15) is 11.8 Å². The van der Waals surface area contributed by atoms with Gasteiger partial charge in [0.15, 0.2) is 0 Å². The van der Waals surface area contributed by atoms with Crippen molar-refractivity contribution < 1.29 is 0 Å². The lowest BCUT2D eigenvalue weighted by Gasteiger charge is -2.34. The van der Waals surface area contributed by atoms with E-state index in [1.165, 1.54) is 38.5 Å². The minimum absolute atomic E-state index is 0.444. The lowest BCUT2D eigenvalue weighted by Crippen LogP contribution is -2.44. The molecule has 1 fully saturated rings. The van der Waals surface area contributed by atoms with Crippen molar-refractivity contribution in [3.8, 4) is 0 Å². The maximum atomic E-state index is 5.93. The van der Waals surface area contributed by atoms with Crippen LogP contribution in [0.25, 0.3) is 0 Å². The van der Waals surface area contributed by atoms with E-state index in [0.717, 1.165) is 6.54 Å². The number of nitrogens with one attached hydrogen (secondary N) is 1. The molecule has 96 valence electrons. The summed E-state index contributed by atoms with van der Waals surface area (Å²) >= 11 is 2.02. The summed E-state index contributed by atoms with van der Waals surface area (Å²) in [6.45, 7) is 5.76. The van der Waals surface area contributed by atoms with Gasteiger partial charge in [-0.3, -0.25) is 0 Å². The van der Waals surface area contributed by atoms with Crippen molar-refractivity contribution in [1.29, 1.82) is 0 Å². The molecule has 0 aliphatic heterocycles. The molecule has 2 nitrogen and oxygen atoms in total. The van der Waals surface area contributed by atoms with Crippen LogP contribution in [0.1, 0.15) is 52.4 Å². The maximum absolute atomic E-state index is 5.93. The number of nitrogens with two attached hydrogens (primary N) is 1. The number of hydrogen-bond donors (Lipinski definition) is 2. The van der Waals surface area contributed by atoms with Crippen molar-refractivity contribution in [2.24, 2.45) is 5.73 Å². The fourth-order valence-corrected chi connectivity index (χ4v) is 3.32. The molecule has 0 bridgehead atoms. The molecule has 0 saturated heterocycles. The van der Waals surface area contributed by atoms with Crippen molar-refractivity contribution >= 4 is 11.8 Å². The fourth-order valence-electron chi connectivity index (χ4n) is 2.51. The SMILES string of the molecule is CCC(CC)(CNC1CCC(N)CC1)SC. The Morgan fingerprint density at radius 1 is 1.19 bits per heavy atom. The molecule has 1 saturated carbocycles. The van der Waals surface area contributed by atoms with Crippen molar-refractivity contribution in [3.05, 3.63) is 0 Å². The van der Waals surface area contributed by atoms with Crippen molar-refractivity contribution in [2.75, 3.05) is 12.8 Å². The third-order valence-corrected chi connectivity index (χ3v) is 5.79. The van der Waals surface area contributed by atoms with Crippen LogP contribution in [0.5, 0.6) is 0 Å². The second-order valence-corrected chi connectivity index (χ2v) is 6.36. The molecule has 0 unspecified atom stereocenters. The first-order valence-electron chi connectivity index (χ1n) is 6.70. The van der Waals surface area contributed by atoms with E-state index in [-0.39, 0.29) is 0 Å². The smallest absolute Gasteiger partial charge is 0.0276 e. The molecular weight excluding hydrogens is 216 g/mol. The van der Waals surface area contributed by atoms with E-state index in [1.807, 2.05) is 11.8 Å². The second-order valence-electron chi connectivity index (χ2n) is 5.09. The van der Waals surface area contributed by atoms with Gasteiger partial charge in [0.25, 0.3) is 0 Å². The fraction of sp³-hybridized carbons (Fsp3) is 1.00. The molecule has 0 amide bonds. The Kier molecular flexibility index (Phi) is 6.16. The van der Waals surface area contributed by atoms with Crippen molar-refractivity contribution in [3.63, 3.8) is 0 Å². The highest BCUT2D eigenvalue weighted by molar-refractivity contribution is 8.00. The molecular formula is C13H28N2S. The molecule has 0 aromatic carbocycles. The normalized spacial score (nSPS) is 27.0. The average molecular weight is 244 g/mol. The Morgan fingerprint density at radius 2 is 1.75 bits per heavy atom. The van der Waals surface area contributed by atoms with E-state index in [4.69, 9.17) is 5.73 Å². The zero-order valence-electron chi connectivity index (χ0n) is 11.1. The average Bonchev–Trinajstić information content (AvgIpc) is 2.34. The van der Waals surface area contributed by atoms with Gasteiger partial charge in [-0.05, 0) is 44.8 Å². The summed E-state index contributed by atoms with van der Waals surface area (Å²) in [6, 6.07) is 1.17. The minimum Gasteiger partial charge on any atom is -0.328 e. The summed E-state index contributed by atoms with van der Waals surface area (Å²) in [5, 5.41) is 3.76. The Balaban J connectivity index is 2.32. The Labute approximate surface area is 105 Å². The van der Waals surface area contributed by atoms with Crippen molar-refractivity contribution in [1.82, 2.24) is 5.32 Å². The van der Waals surface area contributed by atoms with E-state index in [0.29, 0.717) is 16.8 Å². The highest BCUT2D eigenvalue weighted by atomic mass is 32.2. The molecule has 16 heavy (non-hydrogen) atoms. The Morgan fingerprint density at radius 3 is 2.19 bits per heavy atom. The largest absolute Gasteiger partial charge is 0.328 e. The quantitative estimate of drug-likeness (QED) is 0.754. The van der Waals surface area contributed by atoms with E-state index < -0.39 is 0 Å². The van der Waals surface area contributed by atoms with Gasteiger partial charge in [0.2, 0.25) is 0 Å². The molecule has 1 aliphatic rings. The molecule has 1 aliphatic carbocycles. The zero-order chi connectivity index (χ0) is 12.0. The highest BCUT2D eigenvalue weighted by Gasteiger charge is 2.26. The van der Waals surface area contributed by atoms with Crippen LogP contribution in [-0.4, -0.2) is 29.6 Å². The van der Waals surface area contributed by atoms with Gasteiger partial charge in [0.05, 0.1) is 0 Å². The first-order chi connectivity index (χ1) is 7.65. The molecule has 3 heteroatoms. The van der Waals surface area contributed by atoms with Gasteiger partial charge < -0.3 is 11.1 Å². The first-order valence-corrected chi connectivity index (χ1v) is 7.92. The van der Waals surface area contributed by atoms with E-state index in [1.54, 1.807) is 0 Å². The van der Waals surface area contributed by atoms with Crippen LogP contribution in [0, 0.1) is 0 Å². The molecule has 1 rings (SSSR count). The molecule has 0 aromatic rings. The van der Waals surface area contributed by atoms with Gasteiger partial charge >= 0.3 is 0 Å². The third-order valence-electron chi connectivity index (χ3n) is 4.21. The predicted molar refractivity (Wildman–Crippen MR) is 75.1 cm³/mol. The van der Waals surface area contributed by atoms with Crippen molar-refractivity contribution in [2.45, 2.75) is 69.2 Å². The topological polar surface area (TPSA) is 38.0 Å². The Bertz CT molecular complexity index is 176. The number of rotatable bonds is 6. The number of hydrogen-bond acceptors (Lipinski definition) is 3. The highest BCUT2D eigenvalue weighted by Crippen LogP contribution is 2.30. The van der Waals surface area contributed by atoms with Crippen LogP contribution in [0.3, 0.4) is 0 Å². The van der Waals surface area contributed by atoms with E-state index in [2.05, 4.69) is 25.4 Å². The molecule has 3 N–H and O–H groups in total. The molecule has 0 radical (unpaired) electrons. The van der Waals surface area contributed by atoms with Crippen LogP contribution in [0.2, 0.25) is 0 Å². The van der Waals surface area contributed by atoms with Gasteiger partial charge in [-0.1, -0.05) is 13.8 Å². The lowest BCUT2D eigenvalue weighted by atomic mass is 9.91. The molecule has 0 heterocycles. The first kappa shape index (κ1) is 14.3. The van der Waals surface area contributed by atoms with Crippen LogP contribution in [0.4, 0.5) is 0 Å². The van der Waals surface area contributed by atoms with Gasteiger partial charge in [-0.25, -0.2) is 0 Å². The summed E-state index contributed by atoms with van der Waals surface area (Å²) < 4.78 is 0.444. The van der Waals surface area contributed by atoms with Crippen LogP contribution in [0.15, 0.2) is 0 Å². The predicted octanol–water partition coefficient (Wildman–Crippen LogP) is 2.77. The summed E-state index contributed by atoms with van der Waals surface area (Å²) in [7, 11) is 0. The second kappa shape index (κ2) is 6.87. The number of thioether (sulfide) groups is 1. The maximum Gasteiger partial charge on any atom is 0.0276 e.